The molecule has 4 heteroatoms. The van der Waals surface area contributed by atoms with E-state index in [-0.39, 0.29) is 0 Å². The van der Waals surface area contributed by atoms with Gasteiger partial charge in [0.15, 0.2) is 0 Å². The maximum absolute atomic E-state index is 6.09. The molecule has 0 saturated carbocycles. The molecule has 0 aliphatic carbocycles. The first-order valence-electron chi connectivity index (χ1n) is 5.82. The lowest BCUT2D eigenvalue weighted by atomic mass is 10.1. The summed E-state index contributed by atoms with van der Waals surface area (Å²) in [7, 11) is 0. The maximum atomic E-state index is 6.09. The van der Waals surface area contributed by atoms with Gasteiger partial charge in [0.2, 0.25) is 0 Å². The van der Waals surface area contributed by atoms with Crippen LogP contribution in [-0.2, 0) is 0 Å². The van der Waals surface area contributed by atoms with Gasteiger partial charge in [-0.15, -0.1) is 11.8 Å². The lowest BCUT2D eigenvalue weighted by molar-refractivity contribution is 0.438. The predicted octanol–water partition coefficient (Wildman–Crippen LogP) is 4.72. The Kier molecular flexibility index (Phi) is 6.71. The van der Waals surface area contributed by atoms with Crippen LogP contribution >= 0.6 is 35.0 Å². The Labute approximate surface area is 118 Å². The molecule has 1 rings (SSSR count). The zero-order chi connectivity index (χ0) is 12.8. The Morgan fingerprint density at radius 1 is 1.24 bits per heavy atom. The topological polar surface area (TPSA) is 12.0 Å². The summed E-state index contributed by atoms with van der Waals surface area (Å²) in [5.74, 6) is 1.66. The Hall–Kier alpha value is 0.110. The number of rotatable bonds is 6. The summed E-state index contributed by atoms with van der Waals surface area (Å²) in [4.78, 5) is 1.05. The largest absolute Gasteiger partial charge is 0.313 e. The van der Waals surface area contributed by atoms with Crippen LogP contribution in [0.3, 0.4) is 0 Å². The standard InChI is InChI=1S/C13H19Cl2NS/c1-9(2)10(3)16-6-7-17-13-8-11(14)4-5-12(13)15/h4-5,8-10,16H,6-7H2,1-3H3. The molecule has 1 atom stereocenters. The van der Waals surface area contributed by atoms with Gasteiger partial charge in [0, 0.05) is 28.3 Å². The van der Waals surface area contributed by atoms with Crippen molar-refractivity contribution in [3.05, 3.63) is 28.2 Å². The molecule has 17 heavy (non-hydrogen) atoms. The summed E-state index contributed by atoms with van der Waals surface area (Å²) in [5, 5.41) is 5.00. The van der Waals surface area contributed by atoms with Crippen LogP contribution in [0.15, 0.2) is 23.1 Å². The van der Waals surface area contributed by atoms with E-state index in [9.17, 15) is 0 Å². The van der Waals surface area contributed by atoms with Crippen LogP contribution in [0.25, 0.3) is 0 Å². The van der Waals surface area contributed by atoms with Crippen LogP contribution in [-0.4, -0.2) is 18.3 Å². The summed E-state index contributed by atoms with van der Waals surface area (Å²) < 4.78 is 0. The van der Waals surface area contributed by atoms with Crippen molar-refractivity contribution in [2.75, 3.05) is 12.3 Å². The summed E-state index contributed by atoms with van der Waals surface area (Å²) in [5.41, 5.74) is 0. The van der Waals surface area contributed by atoms with E-state index >= 15 is 0 Å². The molecule has 0 fully saturated rings. The SMILES string of the molecule is CC(C)C(C)NCCSc1cc(Cl)ccc1Cl. The number of thioether (sulfide) groups is 1. The highest BCUT2D eigenvalue weighted by atomic mass is 35.5. The lowest BCUT2D eigenvalue weighted by Gasteiger charge is -2.17. The van der Waals surface area contributed by atoms with E-state index in [0.717, 1.165) is 27.2 Å². The fourth-order valence-corrected chi connectivity index (χ4v) is 2.65. The quantitative estimate of drug-likeness (QED) is 0.601. The second kappa shape index (κ2) is 7.52. The molecule has 0 aliphatic rings. The van der Waals surface area contributed by atoms with Crippen LogP contribution in [0, 0.1) is 5.92 Å². The smallest absolute Gasteiger partial charge is 0.0542 e. The molecular formula is C13H19Cl2NS. The first-order valence-corrected chi connectivity index (χ1v) is 7.56. The van der Waals surface area contributed by atoms with E-state index in [1.807, 2.05) is 18.2 Å². The molecule has 0 spiro atoms. The summed E-state index contributed by atoms with van der Waals surface area (Å²) >= 11 is 13.8. The minimum Gasteiger partial charge on any atom is -0.313 e. The van der Waals surface area contributed by atoms with E-state index < -0.39 is 0 Å². The fraction of sp³-hybridized carbons (Fsp3) is 0.538. The molecule has 1 aromatic rings. The van der Waals surface area contributed by atoms with E-state index in [0.29, 0.717) is 12.0 Å². The van der Waals surface area contributed by atoms with Gasteiger partial charge in [0.1, 0.15) is 0 Å². The first kappa shape index (κ1) is 15.2. The van der Waals surface area contributed by atoms with Gasteiger partial charge in [-0.25, -0.2) is 0 Å². The summed E-state index contributed by atoms with van der Waals surface area (Å²) in [6, 6.07) is 6.12. The molecule has 0 amide bonds. The zero-order valence-electron chi connectivity index (χ0n) is 10.5. The Morgan fingerprint density at radius 3 is 2.59 bits per heavy atom. The Balaban J connectivity index is 2.33. The van der Waals surface area contributed by atoms with Crippen molar-refractivity contribution in [3.63, 3.8) is 0 Å². The molecular weight excluding hydrogens is 273 g/mol. The van der Waals surface area contributed by atoms with Crippen molar-refractivity contribution in [3.8, 4) is 0 Å². The molecule has 0 saturated heterocycles. The highest BCUT2D eigenvalue weighted by Crippen LogP contribution is 2.29. The highest BCUT2D eigenvalue weighted by molar-refractivity contribution is 7.99. The number of halogens is 2. The third-order valence-corrected chi connectivity index (χ3v) is 4.45. The molecule has 0 bridgehead atoms. The normalized spacial score (nSPS) is 13.1. The van der Waals surface area contributed by atoms with Crippen molar-refractivity contribution < 1.29 is 0 Å². The molecule has 0 aliphatic heterocycles. The second-order valence-electron chi connectivity index (χ2n) is 4.41. The van der Waals surface area contributed by atoms with Crippen molar-refractivity contribution in [2.45, 2.75) is 31.7 Å². The average molecular weight is 292 g/mol. The maximum Gasteiger partial charge on any atom is 0.0542 e. The zero-order valence-corrected chi connectivity index (χ0v) is 12.8. The molecule has 1 N–H and O–H groups in total. The van der Waals surface area contributed by atoms with Crippen LogP contribution in [0.2, 0.25) is 10.0 Å². The number of hydrogen-bond donors (Lipinski definition) is 1. The molecule has 1 aromatic carbocycles. The molecule has 0 radical (unpaired) electrons. The van der Waals surface area contributed by atoms with Gasteiger partial charge in [-0.2, -0.15) is 0 Å². The Morgan fingerprint density at radius 2 is 1.94 bits per heavy atom. The van der Waals surface area contributed by atoms with E-state index in [1.165, 1.54) is 0 Å². The predicted molar refractivity (Wildman–Crippen MR) is 79.5 cm³/mol. The highest BCUT2D eigenvalue weighted by Gasteiger charge is 2.06. The van der Waals surface area contributed by atoms with E-state index in [4.69, 9.17) is 23.2 Å². The summed E-state index contributed by atoms with van der Waals surface area (Å²) in [6.07, 6.45) is 0. The van der Waals surface area contributed by atoms with Crippen molar-refractivity contribution in [1.29, 1.82) is 0 Å². The van der Waals surface area contributed by atoms with Gasteiger partial charge in [-0.3, -0.25) is 0 Å². The van der Waals surface area contributed by atoms with Gasteiger partial charge in [-0.1, -0.05) is 37.0 Å². The van der Waals surface area contributed by atoms with Gasteiger partial charge in [-0.05, 0) is 31.0 Å². The van der Waals surface area contributed by atoms with E-state index in [1.54, 1.807) is 11.8 Å². The fourth-order valence-electron chi connectivity index (χ4n) is 1.27. The van der Waals surface area contributed by atoms with Crippen molar-refractivity contribution in [1.82, 2.24) is 5.32 Å². The Bertz CT molecular complexity index is 355. The molecule has 0 aromatic heterocycles. The number of nitrogens with one attached hydrogen (secondary N) is 1. The molecule has 0 heterocycles. The monoisotopic (exact) mass is 291 g/mol. The van der Waals surface area contributed by atoms with Gasteiger partial charge >= 0.3 is 0 Å². The molecule has 96 valence electrons. The van der Waals surface area contributed by atoms with E-state index in [2.05, 4.69) is 26.1 Å². The van der Waals surface area contributed by atoms with Gasteiger partial charge in [0.25, 0.3) is 0 Å². The van der Waals surface area contributed by atoms with Gasteiger partial charge in [0.05, 0.1) is 5.02 Å². The first-order chi connectivity index (χ1) is 8.00. The van der Waals surface area contributed by atoms with Crippen LogP contribution in [0.5, 0.6) is 0 Å². The molecule has 1 nitrogen and oxygen atoms in total. The van der Waals surface area contributed by atoms with Crippen LogP contribution < -0.4 is 5.32 Å². The minimum atomic E-state index is 0.547. The average Bonchev–Trinajstić information content (AvgIpc) is 2.28. The van der Waals surface area contributed by atoms with Crippen molar-refractivity contribution in [2.24, 2.45) is 5.92 Å². The lowest BCUT2D eigenvalue weighted by Crippen LogP contribution is -2.32. The number of hydrogen-bond acceptors (Lipinski definition) is 2. The summed E-state index contributed by atoms with van der Waals surface area (Å²) in [6.45, 7) is 7.63. The minimum absolute atomic E-state index is 0.547. The second-order valence-corrected chi connectivity index (χ2v) is 6.39. The van der Waals surface area contributed by atoms with Gasteiger partial charge < -0.3 is 5.32 Å². The van der Waals surface area contributed by atoms with Crippen LogP contribution in [0.1, 0.15) is 20.8 Å². The number of benzene rings is 1. The third kappa shape index (κ3) is 5.52. The molecule has 1 unspecified atom stereocenters. The van der Waals surface area contributed by atoms with Crippen molar-refractivity contribution >= 4 is 35.0 Å². The third-order valence-electron chi connectivity index (χ3n) is 2.72. The van der Waals surface area contributed by atoms with Crippen LogP contribution in [0.4, 0.5) is 0 Å².